The lowest BCUT2D eigenvalue weighted by Gasteiger charge is -2.36. The molecule has 0 spiro atoms. The number of hydrogen-bond donors (Lipinski definition) is 2. The van der Waals surface area contributed by atoms with Crippen LogP contribution in [-0.4, -0.2) is 87.2 Å². The van der Waals surface area contributed by atoms with Crippen LogP contribution in [0.1, 0.15) is 32.1 Å². The van der Waals surface area contributed by atoms with Crippen molar-refractivity contribution in [2.75, 3.05) is 64.3 Å². The van der Waals surface area contributed by atoms with Gasteiger partial charge in [0.1, 0.15) is 5.82 Å². The molecule has 0 radical (unpaired) electrons. The van der Waals surface area contributed by atoms with Gasteiger partial charge in [-0.25, -0.2) is 4.39 Å². The van der Waals surface area contributed by atoms with Crippen LogP contribution in [0.5, 0.6) is 0 Å². The Bertz CT molecular complexity index is 686. The minimum atomic E-state index is -0.172. The number of piperazine rings is 1. The molecular formula is C23H38FIN6. The highest BCUT2D eigenvalue weighted by Crippen LogP contribution is 2.26. The maximum Gasteiger partial charge on any atom is 0.191 e. The summed E-state index contributed by atoms with van der Waals surface area (Å²) in [7, 11) is 1.86. The highest BCUT2D eigenvalue weighted by molar-refractivity contribution is 14.0. The standard InChI is InChI=1S/C23H37FN6.HI/c1-25-23(27-20-10-12-30(18-20)21-4-2-3-5-21)26-11-13-28-14-16-29(17-15-28)22-8-6-19(24)7-9-22;/h6-9,20-21H,2-5,10-18H2,1H3,(H2,25,26,27);1H. The van der Waals surface area contributed by atoms with E-state index in [9.17, 15) is 4.39 Å². The van der Waals surface area contributed by atoms with Crippen molar-refractivity contribution in [3.8, 4) is 0 Å². The summed E-state index contributed by atoms with van der Waals surface area (Å²) in [5.74, 6) is 0.757. The third kappa shape index (κ3) is 6.92. The molecule has 3 aliphatic rings. The van der Waals surface area contributed by atoms with E-state index < -0.39 is 0 Å². The minimum absolute atomic E-state index is 0. The van der Waals surface area contributed by atoms with E-state index >= 15 is 0 Å². The van der Waals surface area contributed by atoms with Gasteiger partial charge in [0.2, 0.25) is 0 Å². The minimum Gasteiger partial charge on any atom is -0.369 e. The Hall–Kier alpha value is -1.13. The van der Waals surface area contributed by atoms with E-state index in [0.29, 0.717) is 6.04 Å². The highest BCUT2D eigenvalue weighted by atomic mass is 127. The van der Waals surface area contributed by atoms with Crippen LogP contribution in [0.2, 0.25) is 0 Å². The van der Waals surface area contributed by atoms with E-state index in [-0.39, 0.29) is 29.8 Å². The number of nitrogens with zero attached hydrogens (tertiary/aromatic N) is 4. The van der Waals surface area contributed by atoms with Crippen LogP contribution in [0, 0.1) is 5.82 Å². The number of rotatable bonds is 6. The number of nitrogens with one attached hydrogen (secondary N) is 2. The summed E-state index contributed by atoms with van der Waals surface area (Å²) in [6.45, 7) is 8.31. The Morgan fingerprint density at radius 3 is 2.42 bits per heavy atom. The molecule has 2 N–H and O–H groups in total. The van der Waals surface area contributed by atoms with Crippen LogP contribution in [0.3, 0.4) is 0 Å². The molecule has 8 heteroatoms. The van der Waals surface area contributed by atoms with Gasteiger partial charge in [0.25, 0.3) is 0 Å². The van der Waals surface area contributed by atoms with Crippen molar-refractivity contribution in [3.63, 3.8) is 0 Å². The van der Waals surface area contributed by atoms with Crippen LogP contribution < -0.4 is 15.5 Å². The van der Waals surface area contributed by atoms with Crippen molar-refractivity contribution in [3.05, 3.63) is 30.1 Å². The van der Waals surface area contributed by atoms with E-state index in [0.717, 1.165) is 63.5 Å². The second-order valence-corrected chi connectivity index (χ2v) is 8.87. The van der Waals surface area contributed by atoms with E-state index in [4.69, 9.17) is 0 Å². The average molecular weight is 545 g/mol. The van der Waals surface area contributed by atoms with Crippen LogP contribution in [0.25, 0.3) is 0 Å². The van der Waals surface area contributed by atoms with Crippen molar-refractivity contribution in [2.45, 2.75) is 44.2 Å². The summed E-state index contributed by atoms with van der Waals surface area (Å²) in [5, 5.41) is 7.13. The van der Waals surface area contributed by atoms with Crippen molar-refractivity contribution in [1.82, 2.24) is 20.4 Å². The molecule has 1 aromatic carbocycles. The normalized spacial score (nSPS) is 23.7. The average Bonchev–Trinajstić information content (AvgIpc) is 3.46. The highest BCUT2D eigenvalue weighted by Gasteiger charge is 2.30. The molecule has 1 aliphatic carbocycles. The van der Waals surface area contributed by atoms with Gasteiger partial charge in [-0.2, -0.15) is 0 Å². The summed E-state index contributed by atoms with van der Waals surface area (Å²) >= 11 is 0. The van der Waals surface area contributed by atoms with Gasteiger partial charge in [-0.15, -0.1) is 24.0 Å². The Morgan fingerprint density at radius 1 is 1.03 bits per heavy atom. The summed E-state index contributed by atoms with van der Waals surface area (Å²) < 4.78 is 13.1. The lowest BCUT2D eigenvalue weighted by Crippen LogP contribution is -2.50. The van der Waals surface area contributed by atoms with E-state index in [1.165, 1.54) is 38.6 Å². The number of aliphatic imine (C=N–C) groups is 1. The van der Waals surface area contributed by atoms with E-state index in [1.54, 1.807) is 12.1 Å². The van der Waals surface area contributed by atoms with Crippen LogP contribution >= 0.6 is 24.0 Å². The molecule has 0 amide bonds. The molecule has 1 unspecified atom stereocenters. The molecule has 31 heavy (non-hydrogen) atoms. The number of guanidine groups is 1. The van der Waals surface area contributed by atoms with Crippen LogP contribution in [0.4, 0.5) is 10.1 Å². The van der Waals surface area contributed by atoms with Crippen LogP contribution in [-0.2, 0) is 0 Å². The predicted octanol–water partition coefficient (Wildman–Crippen LogP) is 2.75. The lowest BCUT2D eigenvalue weighted by atomic mass is 10.2. The SMILES string of the molecule is CN=C(NCCN1CCN(c2ccc(F)cc2)CC1)NC1CCN(C2CCCC2)C1.I. The van der Waals surface area contributed by atoms with Gasteiger partial charge >= 0.3 is 0 Å². The second kappa shape index (κ2) is 12.2. The number of hydrogen-bond acceptors (Lipinski definition) is 4. The van der Waals surface area contributed by atoms with Crippen molar-refractivity contribution >= 4 is 35.6 Å². The molecule has 174 valence electrons. The molecule has 4 rings (SSSR count). The van der Waals surface area contributed by atoms with Crippen molar-refractivity contribution < 1.29 is 4.39 Å². The smallest absolute Gasteiger partial charge is 0.191 e. The summed E-state index contributed by atoms with van der Waals surface area (Å²) in [6, 6.07) is 8.16. The largest absolute Gasteiger partial charge is 0.369 e. The van der Waals surface area contributed by atoms with Crippen LogP contribution in [0.15, 0.2) is 29.3 Å². The van der Waals surface area contributed by atoms with Gasteiger partial charge in [0.15, 0.2) is 5.96 Å². The third-order valence-electron chi connectivity index (χ3n) is 6.91. The van der Waals surface area contributed by atoms with Gasteiger partial charge in [0, 0.05) is 77.2 Å². The first kappa shape index (κ1) is 24.5. The van der Waals surface area contributed by atoms with Gasteiger partial charge < -0.3 is 15.5 Å². The van der Waals surface area contributed by atoms with E-state index in [1.807, 2.05) is 19.2 Å². The molecule has 2 aliphatic heterocycles. The quantitative estimate of drug-likeness (QED) is 0.328. The molecule has 1 saturated carbocycles. The zero-order valence-corrected chi connectivity index (χ0v) is 21.1. The first-order valence-corrected chi connectivity index (χ1v) is 11.7. The fraction of sp³-hybridized carbons (Fsp3) is 0.696. The van der Waals surface area contributed by atoms with E-state index in [2.05, 4.69) is 30.3 Å². The molecule has 6 nitrogen and oxygen atoms in total. The summed E-state index contributed by atoms with van der Waals surface area (Å²) in [6.07, 6.45) is 6.78. The topological polar surface area (TPSA) is 46.1 Å². The summed E-state index contributed by atoms with van der Waals surface area (Å²) in [5.41, 5.74) is 1.11. The number of benzene rings is 1. The van der Waals surface area contributed by atoms with Gasteiger partial charge in [0.05, 0.1) is 0 Å². The van der Waals surface area contributed by atoms with Gasteiger partial charge in [-0.1, -0.05) is 12.8 Å². The van der Waals surface area contributed by atoms with Gasteiger partial charge in [-0.05, 0) is 43.5 Å². The third-order valence-corrected chi connectivity index (χ3v) is 6.91. The first-order chi connectivity index (χ1) is 14.7. The fourth-order valence-corrected chi connectivity index (χ4v) is 5.11. The monoisotopic (exact) mass is 544 g/mol. The molecule has 3 fully saturated rings. The molecular weight excluding hydrogens is 506 g/mol. The molecule has 2 heterocycles. The van der Waals surface area contributed by atoms with Crippen molar-refractivity contribution in [1.29, 1.82) is 0 Å². The summed E-state index contributed by atoms with van der Waals surface area (Å²) in [4.78, 5) is 11.9. The Balaban J connectivity index is 0.00000272. The molecule has 2 saturated heterocycles. The Morgan fingerprint density at radius 2 is 1.74 bits per heavy atom. The fourth-order valence-electron chi connectivity index (χ4n) is 5.11. The lowest BCUT2D eigenvalue weighted by molar-refractivity contribution is 0.242. The molecule has 0 aromatic heterocycles. The number of anilines is 1. The number of halogens is 2. The molecule has 0 bridgehead atoms. The second-order valence-electron chi connectivity index (χ2n) is 8.87. The van der Waals surface area contributed by atoms with Gasteiger partial charge in [-0.3, -0.25) is 14.8 Å². The maximum absolute atomic E-state index is 13.1. The first-order valence-electron chi connectivity index (χ1n) is 11.7. The zero-order chi connectivity index (χ0) is 20.8. The number of likely N-dealkylation sites (tertiary alicyclic amines) is 1. The zero-order valence-electron chi connectivity index (χ0n) is 18.7. The Kier molecular flexibility index (Phi) is 9.65. The van der Waals surface area contributed by atoms with Crippen molar-refractivity contribution in [2.24, 2.45) is 4.99 Å². The Labute approximate surface area is 203 Å². The maximum atomic E-state index is 13.1. The predicted molar refractivity (Wildman–Crippen MR) is 137 cm³/mol. The molecule has 1 atom stereocenters. The molecule has 1 aromatic rings.